The second-order valence-electron chi connectivity index (χ2n) is 6.32. The number of nitrogens with one attached hydrogen (secondary N) is 2. The molecule has 1 aromatic carbocycles. The van der Waals surface area contributed by atoms with E-state index in [9.17, 15) is 4.79 Å². The minimum atomic E-state index is -0.0976. The van der Waals surface area contributed by atoms with E-state index in [1.165, 1.54) is 12.8 Å². The number of amides is 1. The number of rotatable bonds is 5. The lowest BCUT2D eigenvalue weighted by atomic mass is 9.88. The quantitative estimate of drug-likeness (QED) is 0.868. The van der Waals surface area contributed by atoms with E-state index in [2.05, 4.69) is 22.8 Å². The zero-order valence-corrected chi connectivity index (χ0v) is 14.3. The highest BCUT2D eigenvalue weighted by Crippen LogP contribution is 2.33. The van der Waals surface area contributed by atoms with E-state index in [0.29, 0.717) is 6.04 Å². The molecule has 0 bridgehead atoms. The molecule has 0 spiro atoms. The summed E-state index contributed by atoms with van der Waals surface area (Å²) in [7, 11) is 0. The van der Waals surface area contributed by atoms with E-state index in [0.717, 1.165) is 44.5 Å². The molecule has 4 nitrogen and oxygen atoms in total. The van der Waals surface area contributed by atoms with Crippen molar-refractivity contribution < 1.29 is 9.53 Å². The summed E-state index contributed by atoms with van der Waals surface area (Å²) in [6.07, 6.45) is 5.29. The number of ether oxygens (including phenoxy) is 1. The SMILES string of the molecule is Cl.O=C(NCC[C@H]1CCCN1)C1CCCOC1c1ccccc1. The Morgan fingerprint density at radius 2 is 2.04 bits per heavy atom. The van der Waals surface area contributed by atoms with E-state index in [-0.39, 0.29) is 30.3 Å². The van der Waals surface area contributed by atoms with Crippen molar-refractivity contribution in [2.45, 2.75) is 44.2 Å². The summed E-state index contributed by atoms with van der Waals surface area (Å²) in [5.74, 6) is 0.0826. The largest absolute Gasteiger partial charge is 0.373 e. The fraction of sp³-hybridized carbons (Fsp3) is 0.611. The second-order valence-corrected chi connectivity index (χ2v) is 6.32. The molecule has 23 heavy (non-hydrogen) atoms. The molecule has 0 aliphatic carbocycles. The minimum absolute atomic E-state index is 0. The van der Waals surface area contributed by atoms with Gasteiger partial charge in [-0.2, -0.15) is 0 Å². The zero-order valence-electron chi connectivity index (χ0n) is 13.5. The molecule has 0 radical (unpaired) electrons. The minimum Gasteiger partial charge on any atom is -0.373 e. The Bertz CT molecular complexity index is 477. The van der Waals surface area contributed by atoms with Crippen LogP contribution in [0.1, 0.15) is 43.8 Å². The third kappa shape index (κ3) is 4.93. The molecule has 3 rings (SSSR count). The molecule has 1 aromatic rings. The Balaban J connectivity index is 0.00000192. The summed E-state index contributed by atoms with van der Waals surface area (Å²) in [6, 6.07) is 10.7. The molecule has 2 aliphatic heterocycles. The molecular formula is C18H27ClN2O2. The molecule has 2 unspecified atom stereocenters. The molecule has 5 heteroatoms. The standard InChI is InChI=1S/C18H26N2O2.ClH/c21-18(20-12-10-15-8-4-11-19-15)16-9-5-13-22-17(16)14-6-2-1-3-7-14;/h1-3,6-7,15-17,19H,4-5,8-13H2,(H,20,21);1H/t15-,16?,17?;/m1./s1. The molecule has 0 saturated carbocycles. The molecule has 2 saturated heterocycles. The number of hydrogen-bond donors (Lipinski definition) is 2. The van der Waals surface area contributed by atoms with Gasteiger partial charge in [0.15, 0.2) is 0 Å². The highest BCUT2D eigenvalue weighted by atomic mass is 35.5. The number of carbonyl (C=O) groups excluding carboxylic acids is 1. The Morgan fingerprint density at radius 1 is 1.22 bits per heavy atom. The van der Waals surface area contributed by atoms with Gasteiger partial charge >= 0.3 is 0 Å². The van der Waals surface area contributed by atoms with Crippen molar-refractivity contribution in [1.82, 2.24) is 10.6 Å². The Kier molecular flexibility index (Phi) is 7.34. The normalized spacial score (nSPS) is 27.2. The van der Waals surface area contributed by atoms with Crippen LogP contribution in [0.2, 0.25) is 0 Å². The maximum Gasteiger partial charge on any atom is 0.226 e. The number of carbonyl (C=O) groups is 1. The van der Waals surface area contributed by atoms with Crippen LogP contribution < -0.4 is 10.6 Å². The van der Waals surface area contributed by atoms with Gasteiger partial charge in [0.2, 0.25) is 5.91 Å². The second kappa shape index (κ2) is 9.26. The average molecular weight is 339 g/mol. The van der Waals surface area contributed by atoms with Gasteiger partial charge in [0.05, 0.1) is 12.0 Å². The zero-order chi connectivity index (χ0) is 15.2. The summed E-state index contributed by atoms with van der Waals surface area (Å²) in [6.45, 7) is 2.62. The summed E-state index contributed by atoms with van der Waals surface area (Å²) >= 11 is 0. The van der Waals surface area contributed by atoms with Crippen LogP contribution >= 0.6 is 12.4 Å². The van der Waals surface area contributed by atoms with Crippen molar-refractivity contribution in [3.63, 3.8) is 0 Å². The predicted molar refractivity (Wildman–Crippen MR) is 93.8 cm³/mol. The van der Waals surface area contributed by atoms with E-state index in [1.807, 2.05) is 18.2 Å². The first-order valence-corrected chi connectivity index (χ1v) is 8.52. The van der Waals surface area contributed by atoms with Gasteiger partial charge in [-0.05, 0) is 44.2 Å². The first-order chi connectivity index (χ1) is 10.8. The fourth-order valence-corrected chi connectivity index (χ4v) is 3.52. The van der Waals surface area contributed by atoms with E-state index < -0.39 is 0 Å². The first-order valence-electron chi connectivity index (χ1n) is 8.52. The molecule has 1 amide bonds. The van der Waals surface area contributed by atoms with Crippen LogP contribution in [0.5, 0.6) is 0 Å². The highest BCUT2D eigenvalue weighted by molar-refractivity contribution is 5.85. The average Bonchev–Trinajstić information content (AvgIpc) is 3.09. The molecule has 0 aromatic heterocycles. The van der Waals surface area contributed by atoms with E-state index in [1.54, 1.807) is 0 Å². The van der Waals surface area contributed by atoms with Crippen LogP contribution in [0.15, 0.2) is 30.3 Å². The van der Waals surface area contributed by atoms with Crippen molar-refractivity contribution in [2.24, 2.45) is 5.92 Å². The maximum atomic E-state index is 12.5. The summed E-state index contributed by atoms with van der Waals surface area (Å²) in [5, 5.41) is 6.59. The van der Waals surface area contributed by atoms with Gasteiger partial charge in [-0.3, -0.25) is 4.79 Å². The number of halogens is 1. The van der Waals surface area contributed by atoms with Gasteiger partial charge in [0.25, 0.3) is 0 Å². The van der Waals surface area contributed by atoms with Crippen LogP contribution in [-0.4, -0.2) is 31.6 Å². The van der Waals surface area contributed by atoms with Gasteiger partial charge in [-0.1, -0.05) is 30.3 Å². The third-order valence-corrected chi connectivity index (χ3v) is 4.74. The molecular weight excluding hydrogens is 312 g/mol. The van der Waals surface area contributed by atoms with Crippen LogP contribution in [0.4, 0.5) is 0 Å². The lowest BCUT2D eigenvalue weighted by Gasteiger charge is -2.31. The topological polar surface area (TPSA) is 50.4 Å². The maximum absolute atomic E-state index is 12.5. The molecule has 2 heterocycles. The summed E-state index contributed by atoms with van der Waals surface area (Å²) < 4.78 is 5.90. The van der Waals surface area contributed by atoms with Crippen molar-refractivity contribution >= 4 is 18.3 Å². The Labute approximate surface area is 144 Å². The number of hydrogen-bond acceptors (Lipinski definition) is 3. The summed E-state index contributed by atoms with van der Waals surface area (Å²) in [5.41, 5.74) is 1.11. The summed E-state index contributed by atoms with van der Waals surface area (Å²) in [4.78, 5) is 12.5. The monoisotopic (exact) mass is 338 g/mol. The molecule has 2 aliphatic rings. The van der Waals surface area contributed by atoms with Crippen LogP contribution in [-0.2, 0) is 9.53 Å². The van der Waals surface area contributed by atoms with E-state index in [4.69, 9.17) is 4.74 Å². The van der Waals surface area contributed by atoms with Gasteiger partial charge < -0.3 is 15.4 Å². The van der Waals surface area contributed by atoms with Crippen LogP contribution in [0.25, 0.3) is 0 Å². The molecule has 2 fully saturated rings. The van der Waals surface area contributed by atoms with Gasteiger partial charge in [0.1, 0.15) is 0 Å². The van der Waals surface area contributed by atoms with Crippen molar-refractivity contribution in [2.75, 3.05) is 19.7 Å². The highest BCUT2D eigenvalue weighted by Gasteiger charge is 2.32. The molecule has 2 N–H and O–H groups in total. The molecule has 128 valence electrons. The van der Waals surface area contributed by atoms with Crippen LogP contribution in [0, 0.1) is 5.92 Å². The van der Waals surface area contributed by atoms with Gasteiger partial charge in [-0.15, -0.1) is 12.4 Å². The fourth-order valence-electron chi connectivity index (χ4n) is 3.52. The lowest BCUT2D eigenvalue weighted by molar-refractivity contribution is -0.134. The van der Waals surface area contributed by atoms with Crippen molar-refractivity contribution in [3.05, 3.63) is 35.9 Å². The molecule has 3 atom stereocenters. The van der Waals surface area contributed by atoms with Gasteiger partial charge in [-0.25, -0.2) is 0 Å². The van der Waals surface area contributed by atoms with Crippen molar-refractivity contribution in [3.8, 4) is 0 Å². The number of benzene rings is 1. The third-order valence-electron chi connectivity index (χ3n) is 4.74. The van der Waals surface area contributed by atoms with Crippen LogP contribution in [0.3, 0.4) is 0 Å². The lowest BCUT2D eigenvalue weighted by Crippen LogP contribution is -2.39. The first kappa shape index (κ1) is 18.2. The predicted octanol–water partition coefficient (Wildman–Crippen LogP) is 2.83. The Morgan fingerprint density at radius 3 is 2.78 bits per heavy atom. The van der Waals surface area contributed by atoms with Gasteiger partial charge in [0, 0.05) is 19.2 Å². The Hall–Kier alpha value is -1.10. The smallest absolute Gasteiger partial charge is 0.226 e. The van der Waals surface area contributed by atoms with Crippen molar-refractivity contribution in [1.29, 1.82) is 0 Å². The van der Waals surface area contributed by atoms with E-state index >= 15 is 0 Å².